The van der Waals surface area contributed by atoms with Gasteiger partial charge in [0.15, 0.2) is 5.82 Å². The van der Waals surface area contributed by atoms with E-state index in [0.29, 0.717) is 18.1 Å². The average molecular weight is 340 g/mol. The molecule has 0 aliphatic rings. The molecule has 0 fully saturated rings. The van der Waals surface area contributed by atoms with E-state index >= 15 is 0 Å². The van der Waals surface area contributed by atoms with Crippen molar-refractivity contribution < 1.29 is 4.79 Å². The summed E-state index contributed by atoms with van der Waals surface area (Å²) in [7, 11) is 3.64. The molecular weight excluding hydrogens is 320 g/mol. The molecule has 0 radical (unpaired) electrons. The molecule has 0 unspecified atom stereocenters. The first-order valence-corrected chi connectivity index (χ1v) is 7.88. The summed E-state index contributed by atoms with van der Waals surface area (Å²) in [5.74, 6) is 0.701. The predicted molar refractivity (Wildman–Crippen MR) is 92.5 cm³/mol. The molecule has 25 heavy (non-hydrogen) atoms. The zero-order valence-corrected chi connectivity index (χ0v) is 14.4. The first-order chi connectivity index (χ1) is 12.0. The van der Waals surface area contributed by atoms with Crippen LogP contribution < -0.4 is 5.32 Å². The molecule has 3 aromatic rings. The molecule has 3 rings (SSSR count). The fraction of sp³-hybridized carbons (Fsp3) is 0.312. The van der Waals surface area contributed by atoms with Gasteiger partial charge in [0.2, 0.25) is 0 Å². The van der Waals surface area contributed by atoms with Crippen molar-refractivity contribution >= 4 is 11.7 Å². The second-order valence-corrected chi connectivity index (χ2v) is 5.81. The summed E-state index contributed by atoms with van der Waals surface area (Å²) in [4.78, 5) is 13.9. The molecule has 130 valence electrons. The van der Waals surface area contributed by atoms with Crippen LogP contribution in [0.4, 0.5) is 10.5 Å². The predicted octanol–water partition coefficient (Wildman–Crippen LogP) is 1.41. The van der Waals surface area contributed by atoms with E-state index in [1.165, 1.54) is 0 Å². The van der Waals surface area contributed by atoms with E-state index in [4.69, 9.17) is 0 Å². The van der Waals surface area contributed by atoms with Gasteiger partial charge in [0, 0.05) is 32.5 Å². The van der Waals surface area contributed by atoms with Crippen molar-refractivity contribution in [2.45, 2.75) is 13.3 Å². The van der Waals surface area contributed by atoms with Gasteiger partial charge in [0.05, 0.1) is 11.9 Å². The van der Waals surface area contributed by atoms with E-state index in [1.807, 2.05) is 50.6 Å². The Labute approximate surface area is 145 Å². The molecule has 9 heteroatoms. The minimum absolute atomic E-state index is 0.157. The molecule has 0 saturated heterocycles. The Balaban J connectivity index is 1.56. The molecule has 2 amide bonds. The molecule has 2 heterocycles. The zero-order valence-electron chi connectivity index (χ0n) is 14.4. The fourth-order valence-electron chi connectivity index (χ4n) is 2.37. The third-order valence-corrected chi connectivity index (χ3v) is 3.83. The fourth-order valence-corrected chi connectivity index (χ4v) is 2.37. The Morgan fingerprint density at radius 1 is 1.28 bits per heavy atom. The number of hydrogen-bond acceptors (Lipinski definition) is 5. The summed E-state index contributed by atoms with van der Waals surface area (Å²) in [5, 5.41) is 18.4. The third kappa shape index (κ3) is 4.00. The largest absolute Gasteiger partial charge is 0.327 e. The molecule has 9 nitrogen and oxygen atoms in total. The summed E-state index contributed by atoms with van der Waals surface area (Å²) in [6.07, 6.45) is 4.52. The molecule has 1 aromatic carbocycles. The van der Waals surface area contributed by atoms with E-state index < -0.39 is 0 Å². The number of aryl methyl sites for hydroxylation is 2. The van der Waals surface area contributed by atoms with Gasteiger partial charge in [0.25, 0.3) is 0 Å². The number of hydrogen-bond donors (Lipinski definition) is 1. The van der Waals surface area contributed by atoms with Crippen molar-refractivity contribution in [1.29, 1.82) is 0 Å². The van der Waals surface area contributed by atoms with E-state index in [1.54, 1.807) is 21.3 Å². The first kappa shape index (κ1) is 16.6. The zero-order chi connectivity index (χ0) is 17.8. The average Bonchev–Trinajstić information content (AvgIpc) is 3.21. The molecular formula is C16H20N8O. The van der Waals surface area contributed by atoms with Crippen molar-refractivity contribution in [2.75, 3.05) is 18.9 Å². The summed E-state index contributed by atoms with van der Waals surface area (Å²) < 4.78 is 3.38. The third-order valence-electron chi connectivity index (χ3n) is 3.83. The number of amides is 2. The quantitative estimate of drug-likeness (QED) is 0.758. The maximum absolute atomic E-state index is 12.3. The van der Waals surface area contributed by atoms with Crippen LogP contribution in [0.15, 0.2) is 36.7 Å². The van der Waals surface area contributed by atoms with E-state index in [2.05, 4.69) is 25.9 Å². The lowest BCUT2D eigenvalue weighted by Gasteiger charge is -2.17. The molecule has 0 bridgehead atoms. The number of carbonyl (C=O) groups excluding carboxylic acids is 1. The van der Waals surface area contributed by atoms with Crippen LogP contribution in [0.2, 0.25) is 0 Å². The van der Waals surface area contributed by atoms with E-state index in [-0.39, 0.29) is 6.03 Å². The summed E-state index contributed by atoms with van der Waals surface area (Å²) in [6, 6.07) is 7.20. The van der Waals surface area contributed by atoms with Crippen LogP contribution in [0.1, 0.15) is 11.4 Å². The van der Waals surface area contributed by atoms with Gasteiger partial charge in [-0.05, 0) is 53.6 Å². The highest BCUT2D eigenvalue weighted by molar-refractivity contribution is 5.89. The lowest BCUT2D eigenvalue weighted by Crippen LogP contribution is -2.32. The number of nitrogens with one attached hydrogen (secondary N) is 1. The van der Waals surface area contributed by atoms with Crippen molar-refractivity contribution in [3.63, 3.8) is 0 Å². The number of nitrogens with zero attached hydrogens (tertiary/aromatic N) is 7. The second kappa shape index (κ2) is 7.12. The van der Waals surface area contributed by atoms with Crippen LogP contribution in [0.25, 0.3) is 5.69 Å². The van der Waals surface area contributed by atoms with Crippen molar-refractivity contribution in [1.82, 2.24) is 34.9 Å². The van der Waals surface area contributed by atoms with Crippen molar-refractivity contribution in [3.05, 3.63) is 48.0 Å². The molecule has 2 aromatic heterocycles. The second-order valence-electron chi connectivity index (χ2n) is 5.81. The Bertz CT molecular complexity index is 851. The lowest BCUT2D eigenvalue weighted by molar-refractivity contribution is 0.223. The molecule has 1 N–H and O–H groups in total. The van der Waals surface area contributed by atoms with Crippen LogP contribution in [0.5, 0.6) is 0 Å². The van der Waals surface area contributed by atoms with Gasteiger partial charge < -0.3 is 10.2 Å². The van der Waals surface area contributed by atoms with Gasteiger partial charge in [-0.15, -0.1) is 5.10 Å². The van der Waals surface area contributed by atoms with Gasteiger partial charge >= 0.3 is 6.03 Å². The molecule has 0 aliphatic carbocycles. The number of aromatic nitrogens is 6. The number of tetrazole rings is 1. The van der Waals surface area contributed by atoms with Gasteiger partial charge in [-0.2, -0.15) is 9.78 Å². The Morgan fingerprint density at radius 3 is 2.64 bits per heavy atom. The van der Waals surface area contributed by atoms with Gasteiger partial charge in [0.1, 0.15) is 0 Å². The monoisotopic (exact) mass is 340 g/mol. The normalized spacial score (nSPS) is 10.7. The maximum Gasteiger partial charge on any atom is 0.321 e. The molecule has 0 spiro atoms. The molecule has 0 saturated carbocycles. The van der Waals surface area contributed by atoms with Crippen LogP contribution in [0.3, 0.4) is 0 Å². The van der Waals surface area contributed by atoms with Crippen LogP contribution in [-0.4, -0.2) is 54.5 Å². The minimum Gasteiger partial charge on any atom is -0.327 e. The number of carbonyl (C=O) groups is 1. The highest BCUT2D eigenvalue weighted by Gasteiger charge is 2.10. The van der Waals surface area contributed by atoms with Crippen LogP contribution >= 0.6 is 0 Å². The minimum atomic E-state index is -0.157. The Morgan fingerprint density at radius 2 is 2.04 bits per heavy atom. The topological polar surface area (TPSA) is 93.8 Å². The van der Waals surface area contributed by atoms with E-state index in [0.717, 1.165) is 17.7 Å². The lowest BCUT2D eigenvalue weighted by atomic mass is 10.2. The number of anilines is 1. The first-order valence-electron chi connectivity index (χ1n) is 7.88. The van der Waals surface area contributed by atoms with Gasteiger partial charge in [-0.1, -0.05) is 0 Å². The van der Waals surface area contributed by atoms with Crippen molar-refractivity contribution in [2.24, 2.45) is 7.05 Å². The van der Waals surface area contributed by atoms with Gasteiger partial charge in [-0.25, -0.2) is 4.79 Å². The summed E-state index contributed by atoms with van der Waals surface area (Å²) >= 11 is 0. The van der Waals surface area contributed by atoms with Crippen molar-refractivity contribution in [3.8, 4) is 5.69 Å². The SMILES string of the molecule is Cc1nnnn1-c1ccc(NC(=O)N(C)CCc2cnn(C)c2)cc1. The van der Waals surface area contributed by atoms with E-state index in [9.17, 15) is 4.79 Å². The summed E-state index contributed by atoms with van der Waals surface area (Å²) in [5.41, 5.74) is 2.65. The number of rotatable bonds is 5. The number of urea groups is 1. The molecule has 0 atom stereocenters. The Hall–Kier alpha value is -3.23. The number of likely N-dealkylation sites (N-methyl/N-ethyl adjacent to an activating group) is 1. The Kier molecular flexibility index (Phi) is 4.73. The molecule has 0 aliphatic heterocycles. The highest BCUT2D eigenvalue weighted by Crippen LogP contribution is 2.13. The number of benzene rings is 1. The van der Waals surface area contributed by atoms with Gasteiger partial charge in [-0.3, -0.25) is 4.68 Å². The smallest absolute Gasteiger partial charge is 0.321 e. The standard InChI is InChI=1S/C16H20N8O/c1-12-19-20-21-24(12)15-6-4-14(5-7-15)18-16(25)22(2)9-8-13-10-17-23(3)11-13/h4-7,10-11H,8-9H2,1-3H3,(H,18,25). The summed E-state index contributed by atoms with van der Waals surface area (Å²) in [6.45, 7) is 2.44. The van der Waals surface area contributed by atoms with Crippen LogP contribution in [-0.2, 0) is 13.5 Å². The highest BCUT2D eigenvalue weighted by atomic mass is 16.2. The van der Waals surface area contributed by atoms with Crippen LogP contribution in [0, 0.1) is 6.92 Å². The maximum atomic E-state index is 12.3.